The fraction of sp³-hybridized carbons (Fsp3) is 0.857. The van der Waals surface area contributed by atoms with Gasteiger partial charge in [0.25, 0.3) is 0 Å². The molecule has 0 bridgehead atoms. The molecule has 60 valence electrons. The van der Waals surface area contributed by atoms with Crippen molar-refractivity contribution >= 4 is 5.91 Å². The molecule has 3 heteroatoms. The predicted octanol–water partition coefficient (Wildman–Crippen LogP) is 0.202. The first-order chi connectivity index (χ1) is 4.63. The number of primary amides is 1. The van der Waals surface area contributed by atoms with Gasteiger partial charge in [0.2, 0.25) is 5.91 Å². The summed E-state index contributed by atoms with van der Waals surface area (Å²) in [5, 5.41) is 0. The van der Waals surface area contributed by atoms with Gasteiger partial charge in [0.15, 0.2) is 0 Å². The first-order valence-electron chi connectivity index (χ1n) is 3.66. The standard InChI is InChI=1S/C7H16N2O/c1-4-9(5-2)6(3)7(8)10/h6H,4-5H2,1-3H3,(H2,8,10). The lowest BCUT2D eigenvalue weighted by molar-refractivity contribution is -0.122. The molecular weight excluding hydrogens is 128 g/mol. The van der Waals surface area contributed by atoms with Crippen molar-refractivity contribution in [2.24, 2.45) is 5.73 Å². The van der Waals surface area contributed by atoms with Gasteiger partial charge in [0.1, 0.15) is 0 Å². The van der Waals surface area contributed by atoms with E-state index in [1.54, 1.807) is 0 Å². The van der Waals surface area contributed by atoms with Crippen LogP contribution in [0, 0.1) is 0 Å². The molecule has 1 atom stereocenters. The Morgan fingerprint density at radius 2 is 1.90 bits per heavy atom. The Hall–Kier alpha value is -0.570. The minimum Gasteiger partial charge on any atom is -0.368 e. The monoisotopic (exact) mass is 144 g/mol. The van der Waals surface area contributed by atoms with Gasteiger partial charge in [0.05, 0.1) is 6.04 Å². The zero-order valence-electron chi connectivity index (χ0n) is 6.92. The largest absolute Gasteiger partial charge is 0.368 e. The maximum Gasteiger partial charge on any atom is 0.234 e. The second-order valence-electron chi connectivity index (χ2n) is 2.30. The molecule has 3 nitrogen and oxygen atoms in total. The number of likely N-dealkylation sites (N-methyl/N-ethyl adjacent to an activating group) is 1. The van der Waals surface area contributed by atoms with Crippen molar-refractivity contribution in [2.45, 2.75) is 26.8 Å². The molecule has 0 aliphatic heterocycles. The molecule has 0 aliphatic rings. The first-order valence-corrected chi connectivity index (χ1v) is 3.66. The predicted molar refractivity (Wildman–Crippen MR) is 41.6 cm³/mol. The molecule has 2 N–H and O–H groups in total. The van der Waals surface area contributed by atoms with Gasteiger partial charge in [0, 0.05) is 0 Å². The number of amides is 1. The summed E-state index contributed by atoms with van der Waals surface area (Å²) in [4.78, 5) is 12.7. The van der Waals surface area contributed by atoms with Crippen molar-refractivity contribution < 1.29 is 4.79 Å². The number of carbonyl (C=O) groups is 1. The smallest absolute Gasteiger partial charge is 0.234 e. The molecule has 1 unspecified atom stereocenters. The van der Waals surface area contributed by atoms with E-state index in [1.807, 2.05) is 25.7 Å². The maximum absolute atomic E-state index is 10.6. The molecule has 0 rings (SSSR count). The van der Waals surface area contributed by atoms with E-state index in [9.17, 15) is 4.79 Å². The van der Waals surface area contributed by atoms with Crippen LogP contribution < -0.4 is 5.73 Å². The Kier molecular flexibility index (Phi) is 4.03. The highest BCUT2D eigenvalue weighted by atomic mass is 16.1. The molecule has 0 heterocycles. The van der Waals surface area contributed by atoms with Gasteiger partial charge in [-0.05, 0) is 20.0 Å². The lowest BCUT2D eigenvalue weighted by Gasteiger charge is -2.22. The Morgan fingerprint density at radius 1 is 1.50 bits per heavy atom. The van der Waals surface area contributed by atoms with Crippen LogP contribution >= 0.6 is 0 Å². The van der Waals surface area contributed by atoms with Crippen molar-refractivity contribution in [1.82, 2.24) is 4.90 Å². The van der Waals surface area contributed by atoms with Gasteiger partial charge in [-0.3, -0.25) is 9.69 Å². The summed E-state index contributed by atoms with van der Waals surface area (Å²) >= 11 is 0. The van der Waals surface area contributed by atoms with Crippen LogP contribution in [0.15, 0.2) is 0 Å². The molecule has 10 heavy (non-hydrogen) atoms. The number of hydrogen-bond acceptors (Lipinski definition) is 2. The van der Waals surface area contributed by atoms with Crippen LogP contribution in [0.1, 0.15) is 20.8 Å². The zero-order chi connectivity index (χ0) is 8.15. The summed E-state index contributed by atoms with van der Waals surface area (Å²) in [6, 6.07) is -0.130. The number of nitrogens with zero attached hydrogens (tertiary/aromatic N) is 1. The van der Waals surface area contributed by atoms with E-state index in [1.165, 1.54) is 0 Å². The van der Waals surface area contributed by atoms with E-state index >= 15 is 0 Å². The number of hydrogen-bond donors (Lipinski definition) is 1. The second kappa shape index (κ2) is 4.28. The summed E-state index contributed by atoms with van der Waals surface area (Å²) in [5.74, 6) is -0.247. The molecule has 0 saturated carbocycles. The molecule has 0 saturated heterocycles. The molecule has 0 aromatic heterocycles. The Labute approximate surface area is 62.2 Å². The van der Waals surface area contributed by atoms with Gasteiger partial charge >= 0.3 is 0 Å². The topological polar surface area (TPSA) is 46.3 Å². The van der Waals surface area contributed by atoms with Crippen LogP contribution in [0.4, 0.5) is 0 Å². The third-order valence-corrected chi connectivity index (χ3v) is 1.77. The van der Waals surface area contributed by atoms with Crippen molar-refractivity contribution in [1.29, 1.82) is 0 Å². The Morgan fingerprint density at radius 3 is 2.00 bits per heavy atom. The van der Waals surface area contributed by atoms with Crippen molar-refractivity contribution in [3.8, 4) is 0 Å². The van der Waals surface area contributed by atoms with Crippen LogP contribution in [0.5, 0.6) is 0 Å². The van der Waals surface area contributed by atoms with Crippen molar-refractivity contribution in [3.05, 3.63) is 0 Å². The lowest BCUT2D eigenvalue weighted by Crippen LogP contribution is -2.42. The number of carbonyl (C=O) groups excluding carboxylic acids is 1. The third-order valence-electron chi connectivity index (χ3n) is 1.77. The minimum absolute atomic E-state index is 0.130. The summed E-state index contributed by atoms with van der Waals surface area (Å²) in [5.41, 5.74) is 5.11. The van der Waals surface area contributed by atoms with Crippen molar-refractivity contribution in [3.63, 3.8) is 0 Å². The van der Waals surface area contributed by atoms with E-state index in [-0.39, 0.29) is 11.9 Å². The van der Waals surface area contributed by atoms with E-state index in [0.717, 1.165) is 13.1 Å². The summed E-state index contributed by atoms with van der Waals surface area (Å²) < 4.78 is 0. The van der Waals surface area contributed by atoms with Crippen molar-refractivity contribution in [2.75, 3.05) is 13.1 Å². The average Bonchev–Trinajstić information content (AvgIpc) is 1.90. The Balaban J connectivity index is 3.88. The quantitative estimate of drug-likeness (QED) is 0.612. The fourth-order valence-electron chi connectivity index (χ4n) is 0.951. The molecule has 0 spiro atoms. The first kappa shape index (κ1) is 9.43. The van der Waals surface area contributed by atoms with Crippen LogP contribution in [-0.2, 0) is 4.79 Å². The average molecular weight is 144 g/mol. The Bertz CT molecular complexity index is 110. The van der Waals surface area contributed by atoms with Gasteiger partial charge in [-0.15, -0.1) is 0 Å². The van der Waals surface area contributed by atoms with E-state index < -0.39 is 0 Å². The van der Waals surface area contributed by atoms with Gasteiger partial charge in [-0.25, -0.2) is 0 Å². The highest BCUT2D eigenvalue weighted by Crippen LogP contribution is 1.95. The minimum atomic E-state index is -0.247. The van der Waals surface area contributed by atoms with Crippen LogP contribution in [0.2, 0.25) is 0 Å². The third kappa shape index (κ3) is 2.35. The maximum atomic E-state index is 10.6. The number of nitrogens with two attached hydrogens (primary N) is 1. The van der Waals surface area contributed by atoms with Crippen LogP contribution in [0.25, 0.3) is 0 Å². The normalized spacial score (nSPS) is 13.6. The second-order valence-corrected chi connectivity index (χ2v) is 2.30. The summed E-state index contributed by atoms with van der Waals surface area (Å²) in [6.07, 6.45) is 0. The summed E-state index contributed by atoms with van der Waals surface area (Å²) in [7, 11) is 0. The highest BCUT2D eigenvalue weighted by Gasteiger charge is 2.14. The molecule has 1 amide bonds. The lowest BCUT2D eigenvalue weighted by atomic mass is 10.3. The molecule has 0 aromatic carbocycles. The SMILES string of the molecule is CCN(CC)C(C)C(N)=O. The highest BCUT2D eigenvalue weighted by molar-refractivity contribution is 5.79. The molecule has 0 aliphatic carbocycles. The van der Waals surface area contributed by atoms with Gasteiger partial charge in [-0.2, -0.15) is 0 Å². The van der Waals surface area contributed by atoms with Crippen LogP contribution in [0.3, 0.4) is 0 Å². The van der Waals surface area contributed by atoms with E-state index in [0.29, 0.717) is 0 Å². The van der Waals surface area contributed by atoms with Gasteiger partial charge < -0.3 is 5.73 Å². The van der Waals surface area contributed by atoms with E-state index in [4.69, 9.17) is 5.73 Å². The molecule has 0 aromatic rings. The molecule has 0 fully saturated rings. The molecular formula is C7H16N2O. The zero-order valence-corrected chi connectivity index (χ0v) is 6.92. The molecule has 0 radical (unpaired) electrons. The van der Waals surface area contributed by atoms with E-state index in [2.05, 4.69) is 0 Å². The van der Waals surface area contributed by atoms with Crippen LogP contribution in [-0.4, -0.2) is 29.9 Å². The van der Waals surface area contributed by atoms with Gasteiger partial charge in [-0.1, -0.05) is 13.8 Å². The summed E-state index contributed by atoms with van der Waals surface area (Å²) in [6.45, 7) is 7.61. The fourth-order valence-corrected chi connectivity index (χ4v) is 0.951. The number of rotatable bonds is 4.